The predicted molar refractivity (Wildman–Crippen MR) is 73.0 cm³/mol. The molecule has 0 spiro atoms. The van der Waals surface area contributed by atoms with Crippen molar-refractivity contribution < 1.29 is 18.8 Å². The van der Waals surface area contributed by atoms with Crippen molar-refractivity contribution in [2.75, 3.05) is 0 Å². The molecule has 0 saturated carbocycles. The van der Waals surface area contributed by atoms with Crippen LogP contribution in [0.3, 0.4) is 0 Å². The van der Waals surface area contributed by atoms with Crippen LogP contribution in [0.1, 0.15) is 35.9 Å². The van der Waals surface area contributed by atoms with Gasteiger partial charge in [0.25, 0.3) is 0 Å². The van der Waals surface area contributed by atoms with Gasteiger partial charge in [-0.25, -0.2) is 9.18 Å². The first-order valence-electron chi connectivity index (χ1n) is 5.71. The summed E-state index contributed by atoms with van der Waals surface area (Å²) in [6.45, 7) is 3.51. The van der Waals surface area contributed by atoms with Gasteiger partial charge in [-0.3, -0.25) is 0 Å². The lowest BCUT2D eigenvalue weighted by molar-refractivity contribution is 0.0694. The normalized spacial score (nSPS) is 11.1. The molecular weight excluding hydrogens is 308 g/mol. The number of halogens is 3. The molecule has 20 heavy (non-hydrogen) atoms. The molecule has 0 aliphatic carbocycles. The van der Waals surface area contributed by atoms with Gasteiger partial charge in [-0.1, -0.05) is 42.2 Å². The van der Waals surface area contributed by atoms with Gasteiger partial charge in [0, 0.05) is 11.5 Å². The Morgan fingerprint density at radius 3 is 2.60 bits per heavy atom. The molecular formula is C13H10Cl2FNO3. The number of rotatable bonds is 3. The van der Waals surface area contributed by atoms with Crippen LogP contribution in [0.4, 0.5) is 4.39 Å². The highest BCUT2D eigenvalue weighted by Gasteiger charge is 2.28. The third kappa shape index (κ3) is 2.39. The highest BCUT2D eigenvalue weighted by molar-refractivity contribution is 6.39. The Morgan fingerprint density at radius 2 is 2.05 bits per heavy atom. The van der Waals surface area contributed by atoms with Gasteiger partial charge in [0.2, 0.25) is 0 Å². The van der Waals surface area contributed by atoms with Crippen molar-refractivity contribution in [2.45, 2.75) is 19.8 Å². The van der Waals surface area contributed by atoms with E-state index in [4.69, 9.17) is 27.7 Å². The van der Waals surface area contributed by atoms with Crippen LogP contribution in [0.15, 0.2) is 16.7 Å². The number of hydrogen-bond acceptors (Lipinski definition) is 3. The molecule has 2 aromatic rings. The lowest BCUT2D eigenvalue weighted by Gasteiger charge is -2.06. The average Bonchev–Trinajstić information content (AvgIpc) is 2.79. The molecule has 0 saturated heterocycles. The Bertz CT molecular complexity index is 682. The quantitative estimate of drug-likeness (QED) is 0.840. The second-order valence-electron chi connectivity index (χ2n) is 4.45. The summed E-state index contributed by atoms with van der Waals surface area (Å²) >= 11 is 11.8. The van der Waals surface area contributed by atoms with Crippen molar-refractivity contribution in [3.63, 3.8) is 0 Å². The van der Waals surface area contributed by atoms with Crippen LogP contribution in [0.5, 0.6) is 0 Å². The molecule has 0 atom stereocenters. The van der Waals surface area contributed by atoms with Crippen LogP contribution in [-0.4, -0.2) is 16.2 Å². The van der Waals surface area contributed by atoms with Gasteiger partial charge < -0.3 is 9.63 Å². The standard InChI is InChI=1S/C13H10Cl2FNO3/c1-5(2)12-9(13(18)19)11(17-20-12)8-6(14)3-4-7(16)10(8)15/h3-5H,1-2H3,(H,18,19). The Labute approximate surface area is 124 Å². The molecule has 0 aliphatic rings. The minimum Gasteiger partial charge on any atom is -0.477 e. The van der Waals surface area contributed by atoms with Crippen molar-refractivity contribution in [2.24, 2.45) is 0 Å². The second-order valence-corrected chi connectivity index (χ2v) is 5.23. The van der Waals surface area contributed by atoms with Gasteiger partial charge >= 0.3 is 5.97 Å². The molecule has 4 nitrogen and oxygen atoms in total. The second kappa shape index (κ2) is 5.42. The highest BCUT2D eigenvalue weighted by atomic mass is 35.5. The Morgan fingerprint density at radius 1 is 1.40 bits per heavy atom. The van der Waals surface area contributed by atoms with E-state index in [0.717, 1.165) is 6.07 Å². The van der Waals surface area contributed by atoms with E-state index in [1.807, 2.05) is 0 Å². The number of aromatic carboxylic acids is 1. The van der Waals surface area contributed by atoms with Gasteiger partial charge in [0.15, 0.2) is 5.76 Å². The Hall–Kier alpha value is -1.59. The number of carboxylic acids is 1. The van der Waals surface area contributed by atoms with E-state index in [9.17, 15) is 14.3 Å². The maximum Gasteiger partial charge on any atom is 0.341 e. The summed E-state index contributed by atoms with van der Waals surface area (Å²) in [5, 5.41) is 12.8. The first kappa shape index (κ1) is 14.8. The summed E-state index contributed by atoms with van der Waals surface area (Å²) in [7, 11) is 0. The first-order valence-corrected chi connectivity index (χ1v) is 6.46. The molecule has 1 heterocycles. The summed E-state index contributed by atoms with van der Waals surface area (Å²) in [5.74, 6) is -1.96. The Balaban J connectivity index is 2.78. The van der Waals surface area contributed by atoms with Crippen LogP contribution >= 0.6 is 23.2 Å². The van der Waals surface area contributed by atoms with Crippen molar-refractivity contribution in [3.8, 4) is 11.3 Å². The molecule has 2 rings (SSSR count). The Kier molecular flexibility index (Phi) is 4.01. The summed E-state index contributed by atoms with van der Waals surface area (Å²) in [4.78, 5) is 11.4. The third-order valence-electron chi connectivity index (χ3n) is 2.74. The molecule has 7 heteroatoms. The predicted octanol–water partition coefficient (Wildman–Crippen LogP) is 4.61. The van der Waals surface area contributed by atoms with E-state index >= 15 is 0 Å². The zero-order valence-electron chi connectivity index (χ0n) is 10.6. The van der Waals surface area contributed by atoms with Gasteiger partial charge in [0.05, 0.1) is 10.0 Å². The number of nitrogens with zero attached hydrogens (tertiary/aromatic N) is 1. The molecule has 1 N–H and O–H groups in total. The minimum absolute atomic E-state index is 0.0152. The molecule has 106 valence electrons. The summed E-state index contributed by atoms with van der Waals surface area (Å²) in [5.41, 5.74) is -0.216. The van der Waals surface area contributed by atoms with Gasteiger partial charge in [-0.15, -0.1) is 0 Å². The lowest BCUT2D eigenvalue weighted by Crippen LogP contribution is -2.03. The highest BCUT2D eigenvalue weighted by Crippen LogP contribution is 2.39. The van der Waals surface area contributed by atoms with Crippen LogP contribution in [0.2, 0.25) is 10.0 Å². The molecule has 1 aromatic heterocycles. The van der Waals surface area contributed by atoms with Gasteiger partial charge in [-0.2, -0.15) is 0 Å². The van der Waals surface area contributed by atoms with Crippen molar-refractivity contribution in [3.05, 3.63) is 39.3 Å². The maximum atomic E-state index is 13.5. The SMILES string of the molecule is CC(C)c1onc(-c2c(Cl)ccc(F)c2Cl)c1C(=O)O. The van der Waals surface area contributed by atoms with Crippen LogP contribution < -0.4 is 0 Å². The van der Waals surface area contributed by atoms with Crippen molar-refractivity contribution >= 4 is 29.2 Å². The largest absolute Gasteiger partial charge is 0.477 e. The fourth-order valence-electron chi connectivity index (χ4n) is 1.82. The minimum atomic E-state index is -1.23. The summed E-state index contributed by atoms with van der Waals surface area (Å²) in [6, 6.07) is 2.38. The van der Waals surface area contributed by atoms with E-state index in [0.29, 0.717) is 0 Å². The third-order valence-corrected chi connectivity index (χ3v) is 3.42. The number of hydrogen-bond donors (Lipinski definition) is 1. The number of carbonyl (C=O) groups is 1. The molecule has 0 unspecified atom stereocenters. The fourth-order valence-corrected chi connectivity index (χ4v) is 2.37. The molecule has 0 aliphatic heterocycles. The maximum absolute atomic E-state index is 13.5. The molecule has 0 bridgehead atoms. The lowest BCUT2D eigenvalue weighted by atomic mass is 10.0. The van der Waals surface area contributed by atoms with Crippen LogP contribution in [0, 0.1) is 5.82 Å². The van der Waals surface area contributed by atoms with E-state index in [-0.39, 0.29) is 38.5 Å². The zero-order chi connectivity index (χ0) is 15.0. The van der Waals surface area contributed by atoms with Crippen molar-refractivity contribution in [1.82, 2.24) is 5.16 Å². The summed E-state index contributed by atoms with van der Waals surface area (Å²) in [6.07, 6.45) is 0. The van der Waals surface area contributed by atoms with Gasteiger partial charge in [0.1, 0.15) is 17.1 Å². The summed E-state index contributed by atoms with van der Waals surface area (Å²) < 4.78 is 18.6. The molecule has 0 fully saturated rings. The van der Waals surface area contributed by atoms with Crippen molar-refractivity contribution in [1.29, 1.82) is 0 Å². The molecule has 1 aromatic carbocycles. The zero-order valence-corrected chi connectivity index (χ0v) is 12.1. The van der Waals surface area contributed by atoms with E-state index in [1.54, 1.807) is 13.8 Å². The average molecular weight is 318 g/mol. The molecule has 0 radical (unpaired) electrons. The van der Waals surface area contributed by atoms with E-state index in [1.165, 1.54) is 6.07 Å². The van der Waals surface area contributed by atoms with E-state index < -0.39 is 11.8 Å². The number of benzene rings is 1. The van der Waals surface area contributed by atoms with Crippen LogP contribution in [-0.2, 0) is 0 Å². The topological polar surface area (TPSA) is 63.3 Å². The molecule has 0 amide bonds. The van der Waals surface area contributed by atoms with Crippen LogP contribution in [0.25, 0.3) is 11.3 Å². The monoisotopic (exact) mass is 317 g/mol. The van der Waals surface area contributed by atoms with E-state index in [2.05, 4.69) is 5.16 Å². The first-order chi connectivity index (χ1) is 9.34. The fraction of sp³-hybridized carbons (Fsp3) is 0.231. The van der Waals surface area contributed by atoms with Gasteiger partial charge in [-0.05, 0) is 12.1 Å². The number of carboxylic acid groups (broad SMARTS) is 1. The smallest absolute Gasteiger partial charge is 0.341 e. The number of aromatic nitrogens is 1.